The Labute approximate surface area is 124 Å². The number of rotatable bonds is 8. The molecule has 0 amide bonds. The molecule has 0 saturated carbocycles. The lowest BCUT2D eigenvalue weighted by molar-refractivity contribution is 0.103. The molecule has 0 aliphatic rings. The molecule has 1 rings (SSSR count). The Morgan fingerprint density at radius 2 is 2.00 bits per heavy atom. The third kappa shape index (κ3) is 5.67. The molecule has 1 aromatic rings. The third-order valence-corrected chi connectivity index (χ3v) is 3.45. The molecule has 6 heteroatoms. The fourth-order valence-corrected chi connectivity index (χ4v) is 2.53. The highest BCUT2D eigenvalue weighted by atomic mass is 79.9. The van der Waals surface area contributed by atoms with Crippen LogP contribution in [0.1, 0.15) is 0 Å². The molecular weight excluding hydrogens is 366 g/mol. The molecule has 0 aliphatic heterocycles. The third-order valence-electron chi connectivity index (χ3n) is 2.20. The van der Waals surface area contributed by atoms with Gasteiger partial charge in [-0.3, -0.25) is 0 Å². The molecule has 0 bridgehead atoms. The van der Waals surface area contributed by atoms with Gasteiger partial charge < -0.3 is 19.9 Å². The van der Waals surface area contributed by atoms with Gasteiger partial charge in [-0.25, -0.2) is 0 Å². The minimum Gasteiger partial charge on any atom is -0.488 e. The molecule has 18 heavy (non-hydrogen) atoms. The summed E-state index contributed by atoms with van der Waals surface area (Å²) in [6.45, 7) is 2.06. The van der Waals surface area contributed by atoms with Crippen molar-refractivity contribution in [2.24, 2.45) is 0 Å². The molecule has 0 aromatic heterocycles. The van der Waals surface area contributed by atoms with E-state index in [0.717, 1.165) is 8.95 Å². The van der Waals surface area contributed by atoms with Gasteiger partial charge >= 0.3 is 0 Å². The fraction of sp³-hybridized carbons (Fsp3) is 0.500. The SMILES string of the molecule is COCCNCC(O)COc1c(Br)cccc1Br. The summed E-state index contributed by atoms with van der Waals surface area (Å²) < 4.78 is 12.2. The van der Waals surface area contributed by atoms with Gasteiger partial charge in [0.15, 0.2) is 0 Å². The van der Waals surface area contributed by atoms with Gasteiger partial charge in [0.05, 0.1) is 15.6 Å². The first-order valence-corrected chi connectivity index (χ1v) is 7.18. The predicted octanol–water partition coefficient (Wildman–Crippen LogP) is 2.19. The molecule has 0 aliphatic carbocycles. The van der Waals surface area contributed by atoms with Gasteiger partial charge in [-0.1, -0.05) is 6.07 Å². The number of hydrogen-bond donors (Lipinski definition) is 2. The van der Waals surface area contributed by atoms with Crippen molar-refractivity contribution in [2.45, 2.75) is 6.10 Å². The Morgan fingerprint density at radius 1 is 1.33 bits per heavy atom. The van der Waals surface area contributed by atoms with Gasteiger partial charge in [-0.2, -0.15) is 0 Å². The van der Waals surface area contributed by atoms with Crippen LogP contribution in [0.25, 0.3) is 0 Å². The van der Waals surface area contributed by atoms with Crippen molar-refractivity contribution in [3.05, 3.63) is 27.1 Å². The number of aliphatic hydroxyl groups is 1. The normalized spacial score (nSPS) is 12.4. The number of nitrogens with one attached hydrogen (secondary N) is 1. The maximum Gasteiger partial charge on any atom is 0.147 e. The monoisotopic (exact) mass is 381 g/mol. The van der Waals surface area contributed by atoms with Crippen LogP contribution in [0.4, 0.5) is 0 Å². The zero-order chi connectivity index (χ0) is 13.4. The maximum absolute atomic E-state index is 9.73. The molecule has 0 heterocycles. The Hall–Kier alpha value is -0.140. The summed E-state index contributed by atoms with van der Waals surface area (Å²) in [6, 6.07) is 5.69. The van der Waals surface area contributed by atoms with Crippen molar-refractivity contribution in [1.82, 2.24) is 5.32 Å². The van der Waals surface area contributed by atoms with Crippen molar-refractivity contribution in [3.63, 3.8) is 0 Å². The zero-order valence-electron chi connectivity index (χ0n) is 10.2. The van der Waals surface area contributed by atoms with Crippen LogP contribution < -0.4 is 10.1 Å². The van der Waals surface area contributed by atoms with E-state index in [9.17, 15) is 5.11 Å². The van der Waals surface area contributed by atoms with Crippen LogP contribution in [0.2, 0.25) is 0 Å². The van der Waals surface area contributed by atoms with Crippen LogP contribution in [0.15, 0.2) is 27.1 Å². The van der Waals surface area contributed by atoms with Crippen LogP contribution in [0.3, 0.4) is 0 Å². The summed E-state index contributed by atoms with van der Waals surface area (Å²) in [5, 5.41) is 12.8. The second-order valence-corrected chi connectivity index (χ2v) is 5.42. The van der Waals surface area contributed by atoms with Crippen LogP contribution in [-0.2, 0) is 4.74 Å². The first-order valence-electron chi connectivity index (χ1n) is 5.59. The van der Waals surface area contributed by atoms with E-state index in [1.807, 2.05) is 18.2 Å². The topological polar surface area (TPSA) is 50.7 Å². The van der Waals surface area contributed by atoms with E-state index in [1.165, 1.54) is 0 Å². The summed E-state index contributed by atoms with van der Waals surface area (Å²) in [5.41, 5.74) is 0. The maximum atomic E-state index is 9.73. The molecule has 1 unspecified atom stereocenters. The Bertz CT molecular complexity index is 343. The van der Waals surface area contributed by atoms with E-state index in [0.29, 0.717) is 25.4 Å². The number of benzene rings is 1. The van der Waals surface area contributed by atoms with E-state index < -0.39 is 6.10 Å². The molecule has 1 atom stereocenters. The van der Waals surface area contributed by atoms with Gasteiger partial charge in [0.2, 0.25) is 0 Å². The molecule has 0 fully saturated rings. The molecular formula is C12H17Br2NO3. The molecule has 0 spiro atoms. The summed E-state index contributed by atoms with van der Waals surface area (Å²) in [4.78, 5) is 0. The van der Waals surface area contributed by atoms with Gasteiger partial charge in [-0.15, -0.1) is 0 Å². The van der Waals surface area contributed by atoms with Gasteiger partial charge in [0, 0.05) is 20.2 Å². The molecule has 4 nitrogen and oxygen atoms in total. The quantitative estimate of drug-likeness (QED) is 0.676. The standard InChI is InChI=1S/C12H17Br2NO3/c1-17-6-5-15-7-9(16)8-18-12-10(13)3-2-4-11(12)14/h2-4,9,15-16H,5-8H2,1H3. The fourth-order valence-electron chi connectivity index (χ4n) is 1.30. The van der Waals surface area contributed by atoms with Crippen molar-refractivity contribution >= 4 is 31.9 Å². The molecule has 0 radical (unpaired) electrons. The first-order chi connectivity index (χ1) is 8.65. The lowest BCUT2D eigenvalue weighted by Crippen LogP contribution is -2.33. The Balaban J connectivity index is 2.31. The number of para-hydroxylation sites is 1. The lowest BCUT2D eigenvalue weighted by atomic mass is 10.3. The number of halogens is 2. The Morgan fingerprint density at radius 3 is 2.61 bits per heavy atom. The molecule has 0 saturated heterocycles. The summed E-state index contributed by atoms with van der Waals surface area (Å²) in [7, 11) is 1.64. The molecule has 102 valence electrons. The summed E-state index contributed by atoms with van der Waals surface area (Å²) in [6.07, 6.45) is -0.555. The van der Waals surface area contributed by atoms with Crippen LogP contribution in [0, 0.1) is 0 Å². The second-order valence-electron chi connectivity index (χ2n) is 3.71. The van der Waals surface area contributed by atoms with Crippen LogP contribution in [-0.4, -0.2) is 44.6 Å². The largest absolute Gasteiger partial charge is 0.488 e. The lowest BCUT2D eigenvalue weighted by Gasteiger charge is -2.15. The van der Waals surface area contributed by atoms with E-state index in [1.54, 1.807) is 7.11 Å². The highest BCUT2D eigenvalue weighted by Crippen LogP contribution is 2.32. The number of aliphatic hydroxyl groups excluding tert-OH is 1. The first kappa shape index (κ1) is 15.9. The second kappa shape index (κ2) is 8.87. The average Bonchev–Trinajstić information content (AvgIpc) is 2.34. The summed E-state index contributed by atoms with van der Waals surface area (Å²) in [5.74, 6) is 0.702. The van der Waals surface area contributed by atoms with Gasteiger partial charge in [0.1, 0.15) is 18.5 Å². The minimum atomic E-state index is -0.555. The van der Waals surface area contributed by atoms with Crippen molar-refractivity contribution < 1.29 is 14.6 Å². The minimum absolute atomic E-state index is 0.237. The number of ether oxygens (including phenoxy) is 2. The predicted molar refractivity (Wildman–Crippen MR) is 78.1 cm³/mol. The highest BCUT2D eigenvalue weighted by Gasteiger charge is 2.09. The van der Waals surface area contributed by atoms with Crippen LogP contribution >= 0.6 is 31.9 Å². The van der Waals surface area contributed by atoms with Crippen molar-refractivity contribution in [2.75, 3.05) is 33.4 Å². The number of hydrogen-bond acceptors (Lipinski definition) is 4. The van der Waals surface area contributed by atoms with E-state index in [4.69, 9.17) is 9.47 Å². The highest BCUT2D eigenvalue weighted by molar-refractivity contribution is 9.11. The van der Waals surface area contributed by atoms with Crippen LogP contribution in [0.5, 0.6) is 5.75 Å². The zero-order valence-corrected chi connectivity index (χ0v) is 13.3. The molecule has 2 N–H and O–H groups in total. The number of methoxy groups -OCH3 is 1. The van der Waals surface area contributed by atoms with Crippen molar-refractivity contribution in [3.8, 4) is 5.75 Å². The Kier molecular flexibility index (Phi) is 7.85. The molecule has 1 aromatic carbocycles. The van der Waals surface area contributed by atoms with Gasteiger partial charge in [0.25, 0.3) is 0 Å². The van der Waals surface area contributed by atoms with Crippen molar-refractivity contribution in [1.29, 1.82) is 0 Å². The smallest absolute Gasteiger partial charge is 0.147 e. The van der Waals surface area contributed by atoms with E-state index in [-0.39, 0.29) is 6.61 Å². The van der Waals surface area contributed by atoms with Gasteiger partial charge in [-0.05, 0) is 44.0 Å². The van der Waals surface area contributed by atoms with E-state index >= 15 is 0 Å². The average molecular weight is 383 g/mol. The summed E-state index contributed by atoms with van der Waals surface area (Å²) >= 11 is 6.80. The van der Waals surface area contributed by atoms with E-state index in [2.05, 4.69) is 37.2 Å².